The van der Waals surface area contributed by atoms with E-state index < -0.39 is 5.82 Å². The lowest BCUT2D eigenvalue weighted by atomic mass is 9.92. The summed E-state index contributed by atoms with van der Waals surface area (Å²) in [6, 6.07) is 12.1. The molecule has 114 valence electrons. The fourth-order valence-electron chi connectivity index (χ4n) is 3.04. The second kappa shape index (κ2) is 6.69. The molecule has 1 aliphatic rings. The van der Waals surface area contributed by atoms with Crippen molar-refractivity contribution in [2.24, 2.45) is 5.92 Å². The number of hydrogen-bond donors (Lipinski definition) is 0. The minimum atomic E-state index is -0.445. The van der Waals surface area contributed by atoms with Crippen molar-refractivity contribution in [1.82, 2.24) is 9.88 Å². The van der Waals surface area contributed by atoms with Crippen LogP contribution in [-0.4, -0.2) is 28.9 Å². The fraction of sp³-hybridized carbons (Fsp3) is 0.333. The number of benzene rings is 1. The summed E-state index contributed by atoms with van der Waals surface area (Å²) >= 11 is 0. The number of rotatable bonds is 3. The van der Waals surface area contributed by atoms with Gasteiger partial charge >= 0.3 is 0 Å². The van der Waals surface area contributed by atoms with Gasteiger partial charge in [0.1, 0.15) is 5.82 Å². The Labute approximate surface area is 129 Å². The molecule has 22 heavy (non-hydrogen) atoms. The van der Waals surface area contributed by atoms with E-state index >= 15 is 0 Å². The Hall–Kier alpha value is -2.23. The van der Waals surface area contributed by atoms with Crippen molar-refractivity contribution in [2.75, 3.05) is 13.1 Å². The molecule has 3 nitrogen and oxygen atoms in total. The smallest absolute Gasteiger partial charge is 0.256 e. The predicted octanol–water partition coefficient (Wildman–Crippen LogP) is 3.32. The highest BCUT2D eigenvalue weighted by Gasteiger charge is 2.26. The molecular formula is C18H19FN2O. The number of aromatic nitrogens is 1. The van der Waals surface area contributed by atoms with E-state index in [0.717, 1.165) is 25.0 Å². The molecular weight excluding hydrogens is 279 g/mol. The van der Waals surface area contributed by atoms with Gasteiger partial charge in [-0.2, -0.15) is 0 Å². The summed E-state index contributed by atoms with van der Waals surface area (Å²) in [5.41, 5.74) is 1.22. The molecule has 1 aromatic carbocycles. The first-order valence-electron chi connectivity index (χ1n) is 7.68. The maximum Gasteiger partial charge on any atom is 0.256 e. The third-order valence-electron chi connectivity index (χ3n) is 4.13. The van der Waals surface area contributed by atoms with Crippen LogP contribution in [0, 0.1) is 11.7 Å². The van der Waals surface area contributed by atoms with Gasteiger partial charge in [-0.3, -0.25) is 9.78 Å². The molecule has 3 rings (SSSR count). The molecule has 1 aliphatic heterocycles. The van der Waals surface area contributed by atoms with Crippen molar-refractivity contribution in [3.8, 4) is 0 Å². The zero-order chi connectivity index (χ0) is 15.4. The Bertz CT molecular complexity index is 645. The molecule has 0 bridgehead atoms. The van der Waals surface area contributed by atoms with Crippen molar-refractivity contribution in [2.45, 2.75) is 19.3 Å². The van der Waals surface area contributed by atoms with Gasteiger partial charge in [-0.1, -0.05) is 18.2 Å². The molecule has 1 saturated heterocycles. The Morgan fingerprint density at radius 1 is 1.23 bits per heavy atom. The third kappa shape index (κ3) is 3.32. The van der Waals surface area contributed by atoms with Crippen LogP contribution in [0.25, 0.3) is 0 Å². The van der Waals surface area contributed by atoms with Crippen LogP contribution in [0.15, 0.2) is 48.7 Å². The molecule has 1 atom stereocenters. The topological polar surface area (TPSA) is 33.2 Å². The van der Waals surface area contributed by atoms with E-state index in [1.54, 1.807) is 29.3 Å². The van der Waals surface area contributed by atoms with Gasteiger partial charge < -0.3 is 4.90 Å². The van der Waals surface area contributed by atoms with Gasteiger partial charge in [0.15, 0.2) is 0 Å². The lowest BCUT2D eigenvalue weighted by molar-refractivity contribution is 0.0668. The van der Waals surface area contributed by atoms with Crippen molar-refractivity contribution in [1.29, 1.82) is 0 Å². The van der Waals surface area contributed by atoms with Crippen LogP contribution in [0.5, 0.6) is 0 Å². The number of halogens is 1. The van der Waals surface area contributed by atoms with E-state index in [2.05, 4.69) is 4.98 Å². The summed E-state index contributed by atoms with van der Waals surface area (Å²) in [4.78, 5) is 18.6. The monoisotopic (exact) mass is 298 g/mol. The zero-order valence-electron chi connectivity index (χ0n) is 12.4. The Morgan fingerprint density at radius 3 is 2.82 bits per heavy atom. The van der Waals surface area contributed by atoms with Crippen LogP contribution in [0.3, 0.4) is 0 Å². The van der Waals surface area contributed by atoms with Crippen LogP contribution in [0.1, 0.15) is 28.9 Å². The number of nitrogens with zero attached hydrogens (tertiary/aromatic N) is 2. The molecule has 0 saturated carbocycles. The molecule has 1 aromatic heterocycles. The van der Waals surface area contributed by atoms with Gasteiger partial charge in [0.2, 0.25) is 0 Å². The van der Waals surface area contributed by atoms with Crippen LogP contribution in [-0.2, 0) is 6.42 Å². The van der Waals surface area contributed by atoms with Gasteiger partial charge in [-0.15, -0.1) is 0 Å². The summed E-state index contributed by atoms with van der Waals surface area (Å²) in [5, 5.41) is 0. The normalized spacial score (nSPS) is 18.2. The highest BCUT2D eigenvalue weighted by molar-refractivity contribution is 5.94. The Balaban J connectivity index is 1.68. The van der Waals surface area contributed by atoms with E-state index in [9.17, 15) is 9.18 Å². The van der Waals surface area contributed by atoms with E-state index in [1.165, 1.54) is 6.07 Å². The van der Waals surface area contributed by atoms with Gasteiger partial charge in [-0.25, -0.2) is 4.39 Å². The number of hydrogen-bond acceptors (Lipinski definition) is 2. The predicted molar refractivity (Wildman–Crippen MR) is 83.0 cm³/mol. The maximum atomic E-state index is 13.8. The van der Waals surface area contributed by atoms with E-state index in [0.29, 0.717) is 19.0 Å². The molecule has 4 heteroatoms. The lowest BCUT2D eigenvalue weighted by Gasteiger charge is -2.32. The molecule has 2 aromatic rings. The second-order valence-electron chi connectivity index (χ2n) is 5.76. The average Bonchev–Trinajstić information content (AvgIpc) is 2.56. The van der Waals surface area contributed by atoms with Crippen LogP contribution >= 0.6 is 0 Å². The summed E-state index contributed by atoms with van der Waals surface area (Å²) in [5.74, 6) is -0.262. The largest absolute Gasteiger partial charge is 0.338 e. The SMILES string of the molecule is O=C(c1ccccc1F)N1CCC[C@@H](Cc2ccccn2)C1. The van der Waals surface area contributed by atoms with Gasteiger partial charge in [0.05, 0.1) is 5.56 Å². The molecule has 1 amide bonds. The minimum Gasteiger partial charge on any atom is -0.338 e. The molecule has 0 aliphatic carbocycles. The second-order valence-corrected chi connectivity index (χ2v) is 5.76. The number of likely N-dealkylation sites (tertiary alicyclic amines) is 1. The number of carbonyl (C=O) groups is 1. The molecule has 0 unspecified atom stereocenters. The van der Waals surface area contributed by atoms with E-state index in [-0.39, 0.29) is 11.5 Å². The van der Waals surface area contributed by atoms with Crippen molar-refractivity contribution in [3.63, 3.8) is 0 Å². The summed E-state index contributed by atoms with van der Waals surface area (Å²) < 4.78 is 13.8. The van der Waals surface area contributed by atoms with Crippen molar-refractivity contribution >= 4 is 5.91 Å². The minimum absolute atomic E-state index is 0.168. The first kappa shape index (κ1) is 14.7. The fourth-order valence-corrected chi connectivity index (χ4v) is 3.04. The maximum absolute atomic E-state index is 13.8. The molecule has 1 fully saturated rings. The van der Waals surface area contributed by atoms with Crippen LogP contribution in [0.4, 0.5) is 4.39 Å². The van der Waals surface area contributed by atoms with Crippen molar-refractivity contribution < 1.29 is 9.18 Å². The molecule has 2 heterocycles. The Kier molecular flexibility index (Phi) is 4.47. The van der Waals surface area contributed by atoms with Crippen LogP contribution < -0.4 is 0 Å². The van der Waals surface area contributed by atoms with Gasteiger partial charge in [0, 0.05) is 25.0 Å². The number of carbonyl (C=O) groups excluding carboxylic acids is 1. The van der Waals surface area contributed by atoms with Gasteiger partial charge in [0.25, 0.3) is 5.91 Å². The van der Waals surface area contributed by atoms with Gasteiger partial charge in [-0.05, 0) is 49.4 Å². The summed E-state index contributed by atoms with van der Waals surface area (Å²) in [7, 11) is 0. The highest BCUT2D eigenvalue weighted by atomic mass is 19.1. The molecule has 0 N–H and O–H groups in total. The third-order valence-corrected chi connectivity index (χ3v) is 4.13. The van der Waals surface area contributed by atoms with Crippen molar-refractivity contribution in [3.05, 3.63) is 65.7 Å². The van der Waals surface area contributed by atoms with E-state index in [1.807, 2.05) is 18.2 Å². The highest BCUT2D eigenvalue weighted by Crippen LogP contribution is 2.22. The standard InChI is InChI=1S/C18H19FN2O/c19-17-9-2-1-8-16(17)18(22)21-11-5-6-14(13-21)12-15-7-3-4-10-20-15/h1-4,7-10,14H,5-6,11-13H2/t14-/m0/s1. The summed E-state index contributed by atoms with van der Waals surface area (Å²) in [6.45, 7) is 1.37. The Morgan fingerprint density at radius 2 is 2.05 bits per heavy atom. The quantitative estimate of drug-likeness (QED) is 0.871. The first-order valence-corrected chi connectivity index (χ1v) is 7.68. The lowest BCUT2D eigenvalue weighted by Crippen LogP contribution is -2.40. The number of pyridine rings is 1. The zero-order valence-corrected chi connectivity index (χ0v) is 12.4. The molecule has 0 spiro atoms. The average molecular weight is 298 g/mol. The number of amides is 1. The van der Waals surface area contributed by atoms with Crippen LogP contribution in [0.2, 0.25) is 0 Å². The number of piperidine rings is 1. The summed E-state index contributed by atoms with van der Waals surface area (Å²) in [6.07, 6.45) is 4.69. The molecule has 0 radical (unpaired) electrons. The first-order chi connectivity index (χ1) is 10.7. The van der Waals surface area contributed by atoms with E-state index in [4.69, 9.17) is 0 Å².